The summed E-state index contributed by atoms with van der Waals surface area (Å²) in [5.41, 5.74) is 1.22. The van der Waals surface area contributed by atoms with E-state index in [0.717, 1.165) is 5.56 Å². The van der Waals surface area contributed by atoms with E-state index in [-0.39, 0.29) is 5.69 Å². The number of carbonyl (C=O) groups is 1. The first kappa shape index (κ1) is 12.9. The fourth-order valence-corrected chi connectivity index (χ4v) is 1.99. The Morgan fingerprint density at radius 1 is 1.44 bits per heavy atom. The molecule has 0 radical (unpaired) electrons. The van der Waals surface area contributed by atoms with E-state index in [0.29, 0.717) is 22.3 Å². The molecule has 0 saturated carbocycles. The van der Waals surface area contributed by atoms with E-state index in [1.54, 1.807) is 25.1 Å². The number of hydrogen-bond acceptors (Lipinski definition) is 3. The van der Waals surface area contributed by atoms with Crippen LogP contribution in [-0.2, 0) is 6.54 Å². The molecule has 18 heavy (non-hydrogen) atoms. The molecule has 0 atom stereocenters. The molecule has 0 unspecified atom stereocenters. The van der Waals surface area contributed by atoms with Crippen molar-refractivity contribution in [3.05, 3.63) is 45.2 Å². The lowest BCUT2D eigenvalue weighted by Crippen LogP contribution is -2.06. The van der Waals surface area contributed by atoms with Gasteiger partial charge in [-0.1, -0.05) is 34.5 Å². The molecular weight excluding hydrogens is 277 g/mol. The van der Waals surface area contributed by atoms with Gasteiger partial charge in [0.25, 0.3) is 0 Å². The molecule has 0 spiro atoms. The molecule has 0 amide bonds. The van der Waals surface area contributed by atoms with Crippen molar-refractivity contribution in [1.29, 1.82) is 0 Å². The SMILES string of the molecule is Cc1c(C(=O)O)nnn1Cc1ccc(Cl)cc1Cl. The lowest BCUT2D eigenvalue weighted by atomic mass is 10.2. The van der Waals surface area contributed by atoms with Crippen molar-refractivity contribution in [2.75, 3.05) is 0 Å². The lowest BCUT2D eigenvalue weighted by molar-refractivity contribution is 0.0689. The normalized spacial score (nSPS) is 10.6. The van der Waals surface area contributed by atoms with Crippen LogP contribution in [0, 0.1) is 6.92 Å². The number of rotatable bonds is 3. The summed E-state index contributed by atoms with van der Waals surface area (Å²) in [6.45, 7) is 2.00. The molecule has 0 aliphatic rings. The molecular formula is C11H9Cl2N3O2. The molecule has 2 aromatic rings. The van der Waals surface area contributed by atoms with Crippen molar-refractivity contribution in [2.45, 2.75) is 13.5 Å². The van der Waals surface area contributed by atoms with E-state index in [1.807, 2.05) is 0 Å². The van der Waals surface area contributed by atoms with Gasteiger partial charge in [0.2, 0.25) is 0 Å². The van der Waals surface area contributed by atoms with Crippen LogP contribution >= 0.6 is 23.2 Å². The minimum absolute atomic E-state index is 0.0555. The van der Waals surface area contributed by atoms with E-state index >= 15 is 0 Å². The summed E-state index contributed by atoms with van der Waals surface area (Å²) >= 11 is 11.8. The monoisotopic (exact) mass is 285 g/mol. The summed E-state index contributed by atoms with van der Waals surface area (Å²) in [4.78, 5) is 10.8. The molecule has 1 heterocycles. The molecule has 1 aromatic heterocycles. The van der Waals surface area contributed by atoms with Gasteiger partial charge in [-0.05, 0) is 24.6 Å². The van der Waals surface area contributed by atoms with Crippen molar-refractivity contribution >= 4 is 29.2 Å². The number of benzene rings is 1. The van der Waals surface area contributed by atoms with Gasteiger partial charge in [0.1, 0.15) is 0 Å². The minimum Gasteiger partial charge on any atom is -0.476 e. The predicted octanol–water partition coefficient (Wildman–Crippen LogP) is 2.64. The van der Waals surface area contributed by atoms with E-state index in [1.165, 1.54) is 4.68 Å². The van der Waals surface area contributed by atoms with Gasteiger partial charge in [0.05, 0.1) is 12.2 Å². The van der Waals surface area contributed by atoms with Crippen molar-refractivity contribution in [1.82, 2.24) is 15.0 Å². The van der Waals surface area contributed by atoms with Gasteiger partial charge in [0, 0.05) is 10.0 Å². The zero-order valence-corrected chi connectivity index (χ0v) is 10.9. The Bertz CT molecular complexity index is 610. The maximum absolute atomic E-state index is 10.8. The van der Waals surface area contributed by atoms with Gasteiger partial charge < -0.3 is 5.11 Å². The van der Waals surface area contributed by atoms with Gasteiger partial charge in [-0.3, -0.25) is 0 Å². The van der Waals surface area contributed by atoms with E-state index in [9.17, 15) is 4.79 Å². The fraction of sp³-hybridized carbons (Fsp3) is 0.182. The van der Waals surface area contributed by atoms with Crippen LogP contribution in [0.3, 0.4) is 0 Å². The van der Waals surface area contributed by atoms with E-state index < -0.39 is 5.97 Å². The van der Waals surface area contributed by atoms with Gasteiger partial charge in [0.15, 0.2) is 5.69 Å². The topological polar surface area (TPSA) is 68.0 Å². The number of aromatic nitrogens is 3. The summed E-state index contributed by atoms with van der Waals surface area (Å²) in [6.07, 6.45) is 0. The molecule has 0 saturated heterocycles. The standard InChI is InChI=1S/C11H9Cl2N3O2/c1-6-10(11(17)18)14-15-16(6)5-7-2-3-8(12)4-9(7)13/h2-4H,5H2,1H3,(H,17,18). The summed E-state index contributed by atoms with van der Waals surface area (Å²) in [6, 6.07) is 5.11. The van der Waals surface area contributed by atoms with Crippen molar-refractivity contribution in [2.24, 2.45) is 0 Å². The van der Waals surface area contributed by atoms with Crippen molar-refractivity contribution in [3.63, 3.8) is 0 Å². The highest BCUT2D eigenvalue weighted by Gasteiger charge is 2.15. The molecule has 2 rings (SSSR count). The summed E-state index contributed by atoms with van der Waals surface area (Å²) < 4.78 is 1.48. The third-order valence-corrected chi connectivity index (χ3v) is 3.11. The molecule has 0 aliphatic carbocycles. The molecule has 1 N–H and O–H groups in total. The fourth-order valence-electron chi connectivity index (χ4n) is 1.52. The van der Waals surface area contributed by atoms with Gasteiger partial charge in [-0.2, -0.15) is 0 Å². The second-order valence-corrected chi connectivity index (χ2v) is 4.57. The number of nitrogens with zero attached hydrogens (tertiary/aromatic N) is 3. The van der Waals surface area contributed by atoms with E-state index in [2.05, 4.69) is 10.3 Å². The Morgan fingerprint density at radius 3 is 2.72 bits per heavy atom. The zero-order valence-electron chi connectivity index (χ0n) is 9.39. The summed E-state index contributed by atoms with van der Waals surface area (Å²) in [5, 5.41) is 17.3. The summed E-state index contributed by atoms with van der Waals surface area (Å²) in [7, 11) is 0. The molecule has 94 valence electrons. The first-order valence-electron chi connectivity index (χ1n) is 5.06. The number of aromatic carboxylic acids is 1. The largest absolute Gasteiger partial charge is 0.476 e. The predicted molar refractivity (Wildman–Crippen MR) is 67.3 cm³/mol. The lowest BCUT2D eigenvalue weighted by Gasteiger charge is -2.06. The number of carboxylic acid groups (broad SMARTS) is 1. The van der Waals surface area contributed by atoms with Gasteiger partial charge in [-0.25, -0.2) is 9.48 Å². The van der Waals surface area contributed by atoms with Gasteiger partial charge >= 0.3 is 5.97 Å². The second-order valence-electron chi connectivity index (χ2n) is 3.72. The van der Waals surface area contributed by atoms with Crippen LogP contribution < -0.4 is 0 Å². The van der Waals surface area contributed by atoms with Crippen LogP contribution in [0.2, 0.25) is 10.0 Å². The molecule has 0 aliphatic heterocycles. The third-order valence-electron chi connectivity index (χ3n) is 2.52. The number of carboxylic acids is 1. The van der Waals surface area contributed by atoms with Crippen molar-refractivity contribution in [3.8, 4) is 0 Å². The Labute approximate surface area is 113 Å². The van der Waals surface area contributed by atoms with Gasteiger partial charge in [-0.15, -0.1) is 5.10 Å². The Morgan fingerprint density at radius 2 is 2.17 bits per heavy atom. The highest BCUT2D eigenvalue weighted by Crippen LogP contribution is 2.22. The maximum atomic E-state index is 10.8. The first-order valence-corrected chi connectivity index (χ1v) is 5.82. The van der Waals surface area contributed by atoms with Crippen molar-refractivity contribution < 1.29 is 9.90 Å². The van der Waals surface area contributed by atoms with Crippen LogP contribution in [-0.4, -0.2) is 26.1 Å². The molecule has 1 aromatic carbocycles. The Balaban J connectivity index is 2.32. The zero-order chi connectivity index (χ0) is 13.3. The highest BCUT2D eigenvalue weighted by molar-refractivity contribution is 6.35. The van der Waals surface area contributed by atoms with Crippen LogP contribution in [0.5, 0.6) is 0 Å². The number of halogens is 2. The maximum Gasteiger partial charge on any atom is 0.358 e. The molecule has 0 bridgehead atoms. The summed E-state index contributed by atoms with van der Waals surface area (Å²) in [5.74, 6) is -1.10. The smallest absolute Gasteiger partial charge is 0.358 e. The average molecular weight is 286 g/mol. The van der Waals surface area contributed by atoms with Crippen LogP contribution in [0.1, 0.15) is 21.7 Å². The molecule has 7 heteroatoms. The first-order chi connectivity index (χ1) is 8.49. The van der Waals surface area contributed by atoms with E-state index in [4.69, 9.17) is 28.3 Å². The highest BCUT2D eigenvalue weighted by atomic mass is 35.5. The van der Waals surface area contributed by atoms with Crippen LogP contribution in [0.4, 0.5) is 0 Å². The average Bonchev–Trinajstić information content (AvgIpc) is 2.64. The Kier molecular flexibility index (Phi) is 3.54. The molecule has 0 fully saturated rings. The number of hydrogen-bond donors (Lipinski definition) is 1. The second kappa shape index (κ2) is 4.96. The minimum atomic E-state index is -1.10. The third kappa shape index (κ3) is 2.47. The Hall–Kier alpha value is -1.59. The quantitative estimate of drug-likeness (QED) is 0.941. The molecule has 5 nitrogen and oxygen atoms in total. The van der Waals surface area contributed by atoms with Crippen LogP contribution in [0.15, 0.2) is 18.2 Å². The van der Waals surface area contributed by atoms with Crippen LogP contribution in [0.25, 0.3) is 0 Å².